The predicted molar refractivity (Wildman–Crippen MR) is 189 cm³/mol. The first kappa shape index (κ1) is 33.2. The van der Waals surface area contributed by atoms with Crippen molar-refractivity contribution >= 4 is 17.6 Å². The molecule has 12 heteroatoms. The van der Waals surface area contributed by atoms with Crippen molar-refractivity contribution in [1.29, 1.82) is 0 Å². The van der Waals surface area contributed by atoms with Crippen molar-refractivity contribution in [2.24, 2.45) is 5.10 Å². The molecule has 12 nitrogen and oxygen atoms in total. The van der Waals surface area contributed by atoms with Crippen LogP contribution in [0.4, 0.5) is 11.4 Å². The number of hydrogen-bond donors (Lipinski definition) is 0. The number of hydrazone groups is 1. The van der Waals surface area contributed by atoms with Crippen LogP contribution in [-0.4, -0.2) is 103 Å². The highest BCUT2D eigenvalue weighted by Crippen LogP contribution is 2.36. The Bertz CT molecular complexity index is 1680. The van der Waals surface area contributed by atoms with Gasteiger partial charge in [0.1, 0.15) is 30.9 Å². The van der Waals surface area contributed by atoms with Crippen LogP contribution in [0.2, 0.25) is 0 Å². The summed E-state index contributed by atoms with van der Waals surface area (Å²) < 4.78 is 28.4. The van der Waals surface area contributed by atoms with Crippen molar-refractivity contribution in [3.8, 4) is 23.3 Å². The van der Waals surface area contributed by atoms with Crippen molar-refractivity contribution in [3.05, 3.63) is 65.3 Å². The van der Waals surface area contributed by atoms with Gasteiger partial charge >= 0.3 is 5.69 Å². The molecule has 0 saturated carbocycles. The minimum atomic E-state index is -0.862. The van der Waals surface area contributed by atoms with E-state index in [9.17, 15) is 4.79 Å². The molecule has 49 heavy (non-hydrogen) atoms. The van der Waals surface area contributed by atoms with Gasteiger partial charge in [-0.25, -0.2) is 14.0 Å². The van der Waals surface area contributed by atoms with E-state index in [0.29, 0.717) is 19.8 Å². The van der Waals surface area contributed by atoms with Crippen LogP contribution in [0.25, 0.3) is 5.69 Å². The molecule has 0 amide bonds. The van der Waals surface area contributed by atoms with Crippen LogP contribution in [0.1, 0.15) is 52.0 Å². The molecule has 5 heterocycles. The summed E-state index contributed by atoms with van der Waals surface area (Å²) in [7, 11) is 0. The van der Waals surface area contributed by atoms with E-state index in [-0.39, 0.29) is 23.9 Å². The zero-order valence-corrected chi connectivity index (χ0v) is 28.6. The highest BCUT2D eigenvalue weighted by atomic mass is 16.8. The number of benzene rings is 2. The van der Waals surface area contributed by atoms with Gasteiger partial charge in [0.2, 0.25) is 5.79 Å². The van der Waals surface area contributed by atoms with Crippen LogP contribution >= 0.6 is 0 Å². The number of ether oxygens (including phenoxy) is 4. The fourth-order valence-electron chi connectivity index (χ4n) is 6.91. The van der Waals surface area contributed by atoms with Crippen molar-refractivity contribution in [2.45, 2.75) is 70.0 Å². The molecule has 4 atom stereocenters. The molecule has 0 N–H and O–H groups in total. The number of aromatic nitrogens is 3. The maximum atomic E-state index is 12.8. The first-order valence-corrected chi connectivity index (χ1v) is 17.7. The van der Waals surface area contributed by atoms with Gasteiger partial charge in [0, 0.05) is 57.1 Å². The van der Waals surface area contributed by atoms with E-state index in [4.69, 9.17) is 18.9 Å². The second kappa shape index (κ2) is 15.1. The summed E-state index contributed by atoms with van der Waals surface area (Å²) in [5, 5.41) is 10.8. The lowest BCUT2D eigenvalue weighted by Crippen LogP contribution is -2.52. The average molecular weight is 670 g/mol. The Hall–Kier alpha value is -4.31. The number of rotatable bonds is 11. The fraction of sp³-hybridized carbons (Fsp3) is 0.541. The summed E-state index contributed by atoms with van der Waals surface area (Å²) in [5.74, 6) is 6.03. The van der Waals surface area contributed by atoms with Gasteiger partial charge < -0.3 is 28.7 Å². The van der Waals surface area contributed by atoms with Gasteiger partial charge in [0.25, 0.3) is 0 Å². The molecule has 0 spiro atoms. The van der Waals surface area contributed by atoms with Gasteiger partial charge in [0.15, 0.2) is 0 Å². The molecule has 3 fully saturated rings. The topological polar surface area (TPSA) is 98.8 Å². The smallest absolute Gasteiger partial charge is 0.350 e. The Morgan fingerprint density at radius 2 is 1.69 bits per heavy atom. The SMILES string of the molecule is CCC(C)n1ncn(-c2ccc(N3CCN(c4ccc(OCC5COC(CN6CCCC#CC=N6)(C6CCCO6)O5)cc4)CC3)cc2)c1=O. The van der Waals surface area contributed by atoms with E-state index in [1.54, 1.807) is 21.8 Å². The maximum Gasteiger partial charge on any atom is 0.350 e. The number of hydrogen-bond acceptors (Lipinski definition) is 10. The molecule has 7 rings (SSSR count). The second-order valence-electron chi connectivity index (χ2n) is 13.2. The number of anilines is 2. The molecule has 4 unspecified atom stereocenters. The van der Waals surface area contributed by atoms with E-state index < -0.39 is 5.79 Å². The lowest BCUT2D eigenvalue weighted by molar-refractivity contribution is -0.240. The molecule has 0 bridgehead atoms. The monoisotopic (exact) mass is 669 g/mol. The fourth-order valence-corrected chi connectivity index (χ4v) is 6.91. The van der Waals surface area contributed by atoms with Gasteiger partial charge in [-0.3, -0.25) is 5.01 Å². The highest BCUT2D eigenvalue weighted by Gasteiger charge is 2.51. The standard InChI is InChI=1S/C37H47N7O5/c1-3-29(2)44-36(45)43(28-39-44)32-12-10-30(11-13-32)40-20-22-41(23-21-40)31-14-16-33(17-15-31)47-25-34-26-48-37(49-34,35-9-8-24-46-35)27-42-19-7-5-4-6-18-38-42/h10-18,28-29,34-35H,3,5,7-9,19-27H2,1-2H3. The molecule has 3 saturated heterocycles. The van der Waals surface area contributed by atoms with Gasteiger partial charge in [-0.2, -0.15) is 10.2 Å². The van der Waals surface area contributed by atoms with Gasteiger partial charge in [-0.1, -0.05) is 18.8 Å². The third-order valence-electron chi connectivity index (χ3n) is 9.92. The van der Waals surface area contributed by atoms with E-state index >= 15 is 0 Å². The van der Waals surface area contributed by atoms with Crippen LogP contribution < -0.4 is 20.2 Å². The molecular weight excluding hydrogens is 622 g/mol. The lowest BCUT2D eigenvalue weighted by Gasteiger charge is -2.37. The molecular formula is C37H47N7O5. The van der Waals surface area contributed by atoms with Crippen LogP contribution in [0, 0.1) is 11.8 Å². The van der Waals surface area contributed by atoms with Crippen LogP contribution in [0.3, 0.4) is 0 Å². The summed E-state index contributed by atoms with van der Waals surface area (Å²) in [5.41, 5.74) is 3.05. The average Bonchev–Trinajstić information content (AvgIpc) is 3.90. The van der Waals surface area contributed by atoms with Crippen molar-refractivity contribution in [1.82, 2.24) is 19.4 Å². The second-order valence-corrected chi connectivity index (χ2v) is 13.2. The first-order chi connectivity index (χ1) is 24.0. The Morgan fingerprint density at radius 1 is 0.980 bits per heavy atom. The normalized spacial score (nSPS) is 24.7. The molecule has 0 aliphatic carbocycles. The first-order valence-electron chi connectivity index (χ1n) is 17.7. The van der Waals surface area contributed by atoms with Crippen molar-refractivity contribution < 1.29 is 18.9 Å². The predicted octanol–water partition coefficient (Wildman–Crippen LogP) is 4.09. The molecule has 1 aromatic heterocycles. The van der Waals surface area contributed by atoms with Crippen LogP contribution in [0.15, 0.2) is 64.8 Å². The summed E-state index contributed by atoms with van der Waals surface area (Å²) >= 11 is 0. The van der Waals surface area contributed by atoms with E-state index in [0.717, 1.165) is 88.6 Å². The third kappa shape index (κ3) is 7.49. The van der Waals surface area contributed by atoms with Crippen LogP contribution in [0.5, 0.6) is 5.75 Å². The van der Waals surface area contributed by atoms with E-state index in [1.807, 2.05) is 36.2 Å². The summed E-state index contributed by atoms with van der Waals surface area (Å²) in [6, 6.07) is 16.6. The number of nitrogens with zero attached hydrogens (tertiary/aromatic N) is 7. The number of piperazine rings is 1. The van der Waals surface area contributed by atoms with Gasteiger partial charge in [-0.15, -0.1) is 0 Å². The largest absolute Gasteiger partial charge is 0.491 e. The van der Waals surface area contributed by atoms with Crippen molar-refractivity contribution in [3.63, 3.8) is 0 Å². The Morgan fingerprint density at radius 3 is 2.39 bits per heavy atom. The third-order valence-corrected chi connectivity index (χ3v) is 9.92. The summed E-state index contributed by atoms with van der Waals surface area (Å²) in [6.07, 6.45) is 7.52. The zero-order valence-electron chi connectivity index (χ0n) is 28.6. The minimum Gasteiger partial charge on any atom is -0.491 e. The maximum absolute atomic E-state index is 12.8. The molecule has 0 radical (unpaired) electrons. The summed E-state index contributed by atoms with van der Waals surface area (Å²) in [6.45, 7) is 10.6. The molecule has 260 valence electrons. The van der Waals surface area contributed by atoms with Crippen molar-refractivity contribution in [2.75, 3.05) is 68.9 Å². The molecule has 4 aliphatic heterocycles. The molecule has 4 aliphatic rings. The Labute approximate surface area is 288 Å². The zero-order chi connectivity index (χ0) is 33.6. The Balaban J connectivity index is 0.899. The van der Waals surface area contributed by atoms with Crippen LogP contribution in [-0.2, 0) is 14.2 Å². The summed E-state index contributed by atoms with van der Waals surface area (Å²) in [4.78, 5) is 17.6. The lowest BCUT2D eigenvalue weighted by atomic mass is 10.1. The Kier molecular flexibility index (Phi) is 10.2. The van der Waals surface area contributed by atoms with Gasteiger partial charge in [-0.05, 0) is 81.1 Å². The molecule has 3 aromatic rings. The quantitative estimate of drug-likeness (QED) is 0.280. The van der Waals surface area contributed by atoms with E-state index in [1.165, 1.54) is 5.69 Å². The molecule has 2 aromatic carbocycles. The van der Waals surface area contributed by atoms with Gasteiger partial charge in [0.05, 0.1) is 31.1 Å². The highest BCUT2D eigenvalue weighted by molar-refractivity contribution is 5.77. The van der Waals surface area contributed by atoms with E-state index in [2.05, 4.69) is 63.0 Å². The minimum absolute atomic E-state index is 0.0735.